The van der Waals surface area contributed by atoms with E-state index in [4.69, 9.17) is 14.4 Å². The minimum Gasteiger partial charge on any atom is -0.595 e. The van der Waals surface area contributed by atoms with E-state index in [2.05, 4.69) is 5.32 Å². The summed E-state index contributed by atoms with van der Waals surface area (Å²) in [5.74, 6) is -0.0418. The van der Waals surface area contributed by atoms with Gasteiger partial charge < -0.3 is 19.7 Å². The minimum atomic E-state index is -1.04. The van der Waals surface area contributed by atoms with Crippen molar-refractivity contribution in [3.8, 4) is 16.9 Å². The molecule has 4 aromatic rings. The lowest BCUT2D eigenvalue weighted by Crippen LogP contribution is -2.99. The zero-order valence-electron chi connectivity index (χ0n) is 16.2. The molecular formula is C23H18N2O6. The number of fused-ring (bicyclic) bond motifs is 1. The predicted molar refractivity (Wildman–Crippen MR) is 114 cm³/mol. The molecule has 3 aromatic carbocycles. The largest absolute Gasteiger partial charge is 0.595 e. The summed E-state index contributed by atoms with van der Waals surface area (Å²) in [5, 5.41) is 22.1. The van der Waals surface area contributed by atoms with Crippen LogP contribution in [0.5, 0.6) is 5.75 Å². The van der Waals surface area contributed by atoms with E-state index in [1.807, 2.05) is 30.3 Å². The third-order valence-corrected chi connectivity index (χ3v) is 4.59. The molecule has 0 fully saturated rings. The molecule has 31 heavy (non-hydrogen) atoms. The highest BCUT2D eigenvalue weighted by molar-refractivity contribution is 5.94. The number of ether oxygens (including phenoxy) is 1. The van der Waals surface area contributed by atoms with Crippen molar-refractivity contribution in [2.45, 2.75) is 0 Å². The molecule has 0 saturated carbocycles. The van der Waals surface area contributed by atoms with E-state index in [0.717, 1.165) is 16.5 Å². The molecule has 156 valence electrons. The Morgan fingerprint density at radius 3 is 2.48 bits per heavy atom. The van der Waals surface area contributed by atoms with Crippen molar-refractivity contribution < 1.29 is 24.4 Å². The Kier molecular flexibility index (Phi) is 5.76. The summed E-state index contributed by atoms with van der Waals surface area (Å²) in [6.45, 7) is -0.269. The average molecular weight is 418 g/mol. The van der Waals surface area contributed by atoms with Gasteiger partial charge in [-0.15, -0.1) is 0 Å². The van der Waals surface area contributed by atoms with Crippen LogP contribution in [0.15, 0.2) is 88.1 Å². The van der Waals surface area contributed by atoms with Crippen molar-refractivity contribution in [2.24, 2.45) is 0 Å². The summed E-state index contributed by atoms with van der Waals surface area (Å²) in [6.07, 6.45) is 0. The first-order chi connectivity index (χ1) is 15.0. The molecule has 0 aliphatic heterocycles. The lowest BCUT2D eigenvalue weighted by atomic mass is 10.0. The maximum absolute atomic E-state index is 12.1. The molecule has 1 amide bonds. The lowest BCUT2D eigenvalue weighted by Gasteiger charge is -2.12. The molecule has 3 N–H and O–H groups in total. The number of carbonyl (C=O) groups is 1. The minimum absolute atomic E-state index is 0.127. The first-order valence-electron chi connectivity index (χ1n) is 9.39. The predicted octanol–water partition coefficient (Wildman–Crippen LogP) is 2.88. The van der Waals surface area contributed by atoms with Crippen LogP contribution < -0.4 is 20.9 Å². The molecule has 0 spiro atoms. The van der Waals surface area contributed by atoms with Gasteiger partial charge >= 0.3 is 5.63 Å². The Labute approximate surface area is 176 Å². The smallest absolute Gasteiger partial charge is 0.336 e. The first kappa shape index (κ1) is 20.3. The zero-order chi connectivity index (χ0) is 21.8. The molecule has 1 atom stereocenters. The molecule has 1 unspecified atom stereocenters. The van der Waals surface area contributed by atoms with Gasteiger partial charge in [0.05, 0.1) is 0 Å². The van der Waals surface area contributed by atoms with Gasteiger partial charge in [0.25, 0.3) is 5.91 Å². The molecule has 8 heteroatoms. The fourth-order valence-corrected chi connectivity index (χ4v) is 3.13. The molecule has 4 rings (SSSR count). The van der Waals surface area contributed by atoms with Gasteiger partial charge in [0.15, 0.2) is 12.3 Å². The van der Waals surface area contributed by atoms with E-state index < -0.39 is 16.8 Å². The van der Waals surface area contributed by atoms with Crippen LogP contribution in [-0.4, -0.2) is 17.7 Å². The number of benzene rings is 3. The summed E-state index contributed by atoms with van der Waals surface area (Å²) < 4.78 is 10.8. The van der Waals surface area contributed by atoms with E-state index in [-0.39, 0.29) is 12.3 Å². The van der Waals surface area contributed by atoms with Crippen LogP contribution in [0.4, 0.5) is 11.4 Å². The Morgan fingerprint density at radius 2 is 1.77 bits per heavy atom. The number of quaternary nitrogens is 1. The van der Waals surface area contributed by atoms with Gasteiger partial charge in [0.2, 0.25) is 0 Å². The summed E-state index contributed by atoms with van der Waals surface area (Å²) >= 11 is 0. The van der Waals surface area contributed by atoms with Crippen molar-refractivity contribution in [3.05, 3.63) is 94.5 Å². The van der Waals surface area contributed by atoms with Crippen LogP contribution in [-0.2, 0) is 4.79 Å². The molecular weight excluding hydrogens is 400 g/mol. The van der Waals surface area contributed by atoms with Gasteiger partial charge in [0.1, 0.15) is 11.3 Å². The van der Waals surface area contributed by atoms with Crippen LogP contribution in [0.1, 0.15) is 0 Å². The third kappa shape index (κ3) is 4.78. The van der Waals surface area contributed by atoms with Crippen molar-refractivity contribution in [1.29, 1.82) is 0 Å². The van der Waals surface area contributed by atoms with E-state index in [1.165, 1.54) is 30.3 Å². The fraction of sp³-hybridized carbons (Fsp3) is 0.0435. The highest BCUT2D eigenvalue weighted by Crippen LogP contribution is 2.29. The number of nitrogens with one attached hydrogen (secondary N) is 2. The standard InChI is InChI=1S/C23H18N2O6/c26-22(24-16-6-8-17(9-7-16)25(28)29)14-30-18-10-11-19-20(15-4-2-1-3-5-15)13-23(27)31-21(19)12-18/h1-13,25,28H,14H2,(H,24,26). The van der Waals surface area contributed by atoms with Crippen molar-refractivity contribution in [1.82, 2.24) is 0 Å². The summed E-state index contributed by atoms with van der Waals surface area (Å²) in [5.41, 5.74) is 2.10. The van der Waals surface area contributed by atoms with Crippen LogP contribution in [0.2, 0.25) is 0 Å². The summed E-state index contributed by atoms with van der Waals surface area (Å²) in [6, 6.07) is 21.8. The monoisotopic (exact) mass is 418 g/mol. The molecule has 0 saturated heterocycles. The van der Waals surface area contributed by atoms with Gasteiger partial charge in [-0.05, 0) is 35.4 Å². The van der Waals surface area contributed by atoms with Crippen LogP contribution in [0.3, 0.4) is 0 Å². The third-order valence-electron chi connectivity index (χ3n) is 4.59. The molecule has 0 aliphatic carbocycles. The second-order valence-electron chi connectivity index (χ2n) is 6.72. The van der Waals surface area contributed by atoms with Crippen LogP contribution in [0.25, 0.3) is 22.1 Å². The quantitative estimate of drug-likeness (QED) is 0.328. The highest BCUT2D eigenvalue weighted by atomic mass is 16.8. The topological polar surface area (TPSA) is 116 Å². The van der Waals surface area contributed by atoms with Crippen molar-refractivity contribution in [3.63, 3.8) is 0 Å². The normalized spacial score (nSPS) is 11.8. The van der Waals surface area contributed by atoms with Crippen LogP contribution in [0, 0.1) is 5.21 Å². The molecule has 8 nitrogen and oxygen atoms in total. The molecule has 0 bridgehead atoms. The molecule has 1 heterocycles. The summed E-state index contributed by atoms with van der Waals surface area (Å²) in [7, 11) is 0. The Morgan fingerprint density at radius 1 is 1.03 bits per heavy atom. The fourth-order valence-electron chi connectivity index (χ4n) is 3.13. The van der Waals surface area contributed by atoms with Gasteiger partial charge in [-0.1, -0.05) is 30.3 Å². The van der Waals surface area contributed by atoms with Crippen molar-refractivity contribution >= 4 is 28.3 Å². The molecule has 0 radical (unpaired) electrons. The number of amides is 1. The van der Waals surface area contributed by atoms with E-state index >= 15 is 0 Å². The van der Waals surface area contributed by atoms with E-state index in [1.54, 1.807) is 18.2 Å². The number of carbonyl (C=O) groups excluding carboxylic acids is 1. The molecule has 0 aliphatic rings. The highest BCUT2D eigenvalue weighted by Gasteiger charge is 2.10. The summed E-state index contributed by atoms with van der Waals surface area (Å²) in [4.78, 5) is 24.2. The Bertz CT molecular complexity index is 1270. The zero-order valence-corrected chi connectivity index (χ0v) is 16.2. The maximum atomic E-state index is 12.1. The Hall–Kier alpha value is -3.98. The number of hydrogen-bond donors (Lipinski definition) is 3. The number of hydrogen-bond acceptors (Lipinski definition) is 6. The van der Waals surface area contributed by atoms with Gasteiger partial charge in [-0.2, -0.15) is 5.23 Å². The van der Waals surface area contributed by atoms with E-state index in [9.17, 15) is 14.8 Å². The van der Waals surface area contributed by atoms with Crippen molar-refractivity contribution in [2.75, 3.05) is 11.9 Å². The van der Waals surface area contributed by atoms with E-state index in [0.29, 0.717) is 17.0 Å². The average Bonchev–Trinajstić information content (AvgIpc) is 2.78. The maximum Gasteiger partial charge on any atom is 0.336 e. The Balaban J connectivity index is 1.48. The SMILES string of the molecule is O=C(COc1ccc2c(-c3ccccc3)cc(=O)oc2c1)Nc1ccc([NH+]([O-])O)cc1. The van der Waals surface area contributed by atoms with Gasteiger partial charge in [-0.25, -0.2) is 10.0 Å². The second-order valence-corrected chi connectivity index (χ2v) is 6.72. The number of anilines is 1. The number of rotatable bonds is 6. The first-order valence-corrected chi connectivity index (χ1v) is 9.39. The lowest BCUT2D eigenvalue weighted by molar-refractivity contribution is -0.991. The molecule has 1 aromatic heterocycles. The van der Waals surface area contributed by atoms with Crippen LogP contribution >= 0.6 is 0 Å². The van der Waals surface area contributed by atoms with Gasteiger partial charge in [-0.3, -0.25) is 4.79 Å². The van der Waals surface area contributed by atoms with Gasteiger partial charge in [0, 0.05) is 35.3 Å². The second kappa shape index (κ2) is 8.80.